The Labute approximate surface area is 164 Å². The van der Waals surface area contributed by atoms with E-state index in [9.17, 15) is 0 Å². The van der Waals surface area contributed by atoms with Gasteiger partial charge >= 0.3 is 0 Å². The molecule has 0 spiro atoms. The van der Waals surface area contributed by atoms with Crippen LogP contribution in [0.1, 0.15) is 13.8 Å². The van der Waals surface area contributed by atoms with Crippen LogP contribution in [-0.2, 0) is 0 Å². The van der Waals surface area contributed by atoms with E-state index >= 15 is 0 Å². The monoisotopic (exact) mass is 366 g/mol. The summed E-state index contributed by atoms with van der Waals surface area (Å²) in [5.74, 6) is 1.58. The second-order valence-electron chi connectivity index (χ2n) is 7.17. The van der Waals surface area contributed by atoms with Gasteiger partial charge in [-0.2, -0.15) is 0 Å². The third kappa shape index (κ3) is 2.55. The van der Waals surface area contributed by atoms with Gasteiger partial charge in [-0.05, 0) is 65.6 Å². The Balaban J connectivity index is 1.77. The van der Waals surface area contributed by atoms with Crippen LogP contribution in [0.25, 0.3) is 28.1 Å². The minimum absolute atomic E-state index is 0.775. The van der Waals surface area contributed by atoms with Crippen molar-refractivity contribution in [1.82, 2.24) is 0 Å². The van der Waals surface area contributed by atoms with Crippen LogP contribution >= 0.6 is 0 Å². The molecule has 0 atom stereocenters. The third-order valence-corrected chi connectivity index (χ3v) is 5.55. The first-order valence-electron chi connectivity index (χ1n) is 9.78. The van der Waals surface area contributed by atoms with Gasteiger partial charge in [-0.25, -0.2) is 4.99 Å². The molecule has 0 saturated heterocycles. The van der Waals surface area contributed by atoms with Crippen LogP contribution in [0.4, 0.5) is 11.4 Å². The first-order valence-corrected chi connectivity index (χ1v) is 9.78. The highest BCUT2D eigenvalue weighted by Crippen LogP contribution is 2.37. The van der Waals surface area contributed by atoms with Gasteiger partial charge in [0.2, 0.25) is 0 Å². The summed E-state index contributed by atoms with van der Waals surface area (Å²) in [4.78, 5) is 7.27. The molecule has 0 fully saturated rings. The van der Waals surface area contributed by atoms with Gasteiger partial charge in [-0.15, -0.1) is 0 Å². The summed E-state index contributed by atoms with van der Waals surface area (Å²) in [7, 11) is 0. The van der Waals surface area contributed by atoms with E-state index < -0.39 is 0 Å². The summed E-state index contributed by atoms with van der Waals surface area (Å²) in [5.41, 5.74) is 2.03. The number of rotatable bonds is 3. The zero-order valence-electron chi connectivity index (χ0n) is 16.2. The second-order valence-corrected chi connectivity index (χ2v) is 7.17. The molecule has 0 amide bonds. The van der Waals surface area contributed by atoms with Crippen molar-refractivity contribution in [2.24, 2.45) is 4.99 Å². The number of fused-ring (bicyclic) bond motifs is 5. The van der Waals surface area contributed by atoms with Crippen molar-refractivity contribution in [3.63, 3.8) is 0 Å². The first kappa shape index (κ1) is 16.8. The van der Waals surface area contributed by atoms with E-state index in [1.165, 1.54) is 10.8 Å². The third-order valence-electron chi connectivity index (χ3n) is 5.55. The van der Waals surface area contributed by atoms with Crippen LogP contribution < -0.4 is 20.2 Å². The van der Waals surface area contributed by atoms with Crippen LogP contribution in [0.5, 0.6) is 11.5 Å². The molecular formula is C25H22N2O. The van der Waals surface area contributed by atoms with E-state index in [4.69, 9.17) is 9.73 Å². The molecular weight excluding hydrogens is 344 g/mol. The standard InChI is InChI=1S/C25H22N2O/c1-4-27(5-2)19-10-11-22-23(15-19)28-24-12-16(3)20-13-17-8-6-7-9-18(17)14-21(20)25(24)26-22/h6-15H,3-5H2,1-2H3. The quantitative estimate of drug-likeness (QED) is 0.404. The number of hydrogen-bond donors (Lipinski definition) is 0. The highest BCUT2D eigenvalue weighted by atomic mass is 16.5. The average Bonchev–Trinajstić information content (AvgIpc) is 2.72. The molecule has 1 aliphatic rings. The van der Waals surface area contributed by atoms with Gasteiger partial charge in [-0.3, -0.25) is 0 Å². The lowest BCUT2D eigenvalue weighted by molar-refractivity contribution is 0.471. The Morgan fingerprint density at radius 2 is 1.57 bits per heavy atom. The van der Waals surface area contributed by atoms with E-state index in [1.807, 2.05) is 6.07 Å². The topological polar surface area (TPSA) is 24.8 Å². The van der Waals surface area contributed by atoms with Crippen molar-refractivity contribution >= 4 is 39.5 Å². The number of hydrogen-bond acceptors (Lipinski definition) is 3. The van der Waals surface area contributed by atoms with E-state index in [2.05, 4.69) is 79.9 Å². The number of nitrogens with zero attached hydrogens (tertiary/aromatic N) is 2. The van der Waals surface area contributed by atoms with Gasteiger partial charge in [0, 0.05) is 30.2 Å². The second kappa shape index (κ2) is 6.38. The van der Waals surface area contributed by atoms with Crippen molar-refractivity contribution in [1.29, 1.82) is 0 Å². The maximum absolute atomic E-state index is 6.30. The van der Waals surface area contributed by atoms with Gasteiger partial charge in [-0.1, -0.05) is 30.8 Å². The predicted molar refractivity (Wildman–Crippen MR) is 117 cm³/mol. The molecule has 0 saturated carbocycles. The molecule has 1 heterocycles. The number of benzene rings is 4. The highest BCUT2D eigenvalue weighted by molar-refractivity contribution is 5.99. The molecule has 5 rings (SSSR count). The van der Waals surface area contributed by atoms with Crippen molar-refractivity contribution < 1.29 is 4.74 Å². The minimum Gasteiger partial charge on any atom is -0.453 e. The SMILES string of the molecule is C=c1cc2c(c3cc4ccccc4cc13)=Nc1ccc(N(CC)CC)cc1O2. The van der Waals surface area contributed by atoms with Gasteiger partial charge in [0.25, 0.3) is 0 Å². The van der Waals surface area contributed by atoms with Gasteiger partial charge < -0.3 is 9.64 Å². The van der Waals surface area contributed by atoms with Gasteiger partial charge in [0.1, 0.15) is 11.0 Å². The molecule has 28 heavy (non-hydrogen) atoms. The largest absolute Gasteiger partial charge is 0.453 e. The number of ether oxygens (including phenoxy) is 1. The van der Waals surface area contributed by atoms with E-state index in [-0.39, 0.29) is 0 Å². The fourth-order valence-corrected chi connectivity index (χ4v) is 4.03. The zero-order valence-corrected chi connectivity index (χ0v) is 16.2. The molecule has 0 bridgehead atoms. The van der Waals surface area contributed by atoms with Crippen molar-refractivity contribution in [3.05, 3.63) is 71.2 Å². The summed E-state index contributed by atoms with van der Waals surface area (Å²) in [6, 6.07) is 21.0. The molecule has 3 nitrogen and oxygen atoms in total. The molecule has 0 unspecified atom stereocenters. The summed E-state index contributed by atoms with van der Waals surface area (Å²) >= 11 is 0. The predicted octanol–water partition coefficient (Wildman–Crippen LogP) is 5.31. The average molecular weight is 366 g/mol. The van der Waals surface area contributed by atoms with Crippen molar-refractivity contribution in [3.8, 4) is 11.5 Å². The normalized spacial score (nSPS) is 12.2. The minimum atomic E-state index is 0.775. The van der Waals surface area contributed by atoms with E-state index in [1.54, 1.807) is 0 Å². The Morgan fingerprint density at radius 3 is 2.29 bits per heavy atom. The van der Waals surface area contributed by atoms with Crippen LogP contribution in [0.3, 0.4) is 0 Å². The Hall–Kier alpha value is -3.33. The summed E-state index contributed by atoms with van der Waals surface area (Å²) < 4.78 is 6.30. The Morgan fingerprint density at radius 1 is 0.857 bits per heavy atom. The smallest absolute Gasteiger partial charge is 0.155 e. The highest BCUT2D eigenvalue weighted by Gasteiger charge is 2.17. The van der Waals surface area contributed by atoms with Crippen LogP contribution in [-0.4, -0.2) is 13.1 Å². The molecule has 1 aliphatic heterocycles. The Kier molecular flexibility index (Phi) is 3.83. The molecule has 3 heteroatoms. The first-order chi connectivity index (χ1) is 13.7. The molecule has 138 valence electrons. The van der Waals surface area contributed by atoms with E-state index in [0.717, 1.165) is 57.3 Å². The van der Waals surface area contributed by atoms with Gasteiger partial charge in [0.05, 0.1) is 0 Å². The molecule has 0 N–H and O–H groups in total. The van der Waals surface area contributed by atoms with Crippen molar-refractivity contribution in [2.75, 3.05) is 18.0 Å². The summed E-state index contributed by atoms with van der Waals surface area (Å²) in [6.45, 7) is 10.5. The Bertz CT molecular complexity index is 1340. The van der Waals surface area contributed by atoms with Crippen LogP contribution in [0.2, 0.25) is 0 Å². The van der Waals surface area contributed by atoms with Gasteiger partial charge in [0.15, 0.2) is 11.5 Å². The molecule has 4 aromatic carbocycles. The lowest BCUT2D eigenvalue weighted by Crippen LogP contribution is -2.22. The fraction of sp³-hybridized carbons (Fsp3) is 0.160. The maximum atomic E-state index is 6.30. The summed E-state index contributed by atoms with van der Waals surface area (Å²) in [6.07, 6.45) is 0. The molecule has 0 radical (unpaired) electrons. The number of anilines is 1. The molecule has 4 aromatic rings. The van der Waals surface area contributed by atoms with E-state index in [0.29, 0.717) is 0 Å². The summed E-state index contributed by atoms with van der Waals surface area (Å²) in [5, 5.41) is 6.45. The zero-order chi connectivity index (χ0) is 19.3. The molecule has 0 aromatic heterocycles. The fourth-order valence-electron chi connectivity index (χ4n) is 4.03. The lowest BCUT2D eigenvalue weighted by Gasteiger charge is -2.23. The lowest BCUT2D eigenvalue weighted by atomic mass is 10.0. The maximum Gasteiger partial charge on any atom is 0.155 e. The van der Waals surface area contributed by atoms with Crippen molar-refractivity contribution in [2.45, 2.75) is 13.8 Å². The van der Waals surface area contributed by atoms with Crippen LogP contribution in [0, 0.1) is 0 Å². The van der Waals surface area contributed by atoms with Crippen LogP contribution in [0.15, 0.2) is 65.7 Å². The molecule has 0 aliphatic carbocycles.